The molecule has 0 aromatic carbocycles. The van der Waals surface area contributed by atoms with Crippen LogP contribution in [0, 0.1) is 5.41 Å². The van der Waals surface area contributed by atoms with E-state index >= 15 is 0 Å². The summed E-state index contributed by atoms with van der Waals surface area (Å²) in [4.78, 5) is 18.3. The van der Waals surface area contributed by atoms with Gasteiger partial charge >= 0.3 is 0 Å². The number of aromatic nitrogens is 2. The normalized spacial score (nSPS) is 23.4. The van der Waals surface area contributed by atoms with Crippen molar-refractivity contribution in [2.75, 3.05) is 13.1 Å². The highest BCUT2D eigenvalue weighted by atomic mass is 16.5. The highest BCUT2D eigenvalue weighted by molar-refractivity contribution is 5.77. The number of hydrogen-bond acceptors (Lipinski definition) is 6. The summed E-state index contributed by atoms with van der Waals surface area (Å²) in [7, 11) is 0. The summed E-state index contributed by atoms with van der Waals surface area (Å²) in [5.74, 6) is 1.29. The van der Waals surface area contributed by atoms with Crippen LogP contribution in [0.25, 0.3) is 11.6 Å². The molecule has 1 saturated heterocycles. The Bertz CT molecular complexity index is 672. The summed E-state index contributed by atoms with van der Waals surface area (Å²) < 4.78 is 10.3. The molecule has 124 valence electrons. The first kappa shape index (κ1) is 15.7. The van der Waals surface area contributed by atoms with E-state index in [1.165, 1.54) is 6.26 Å². The second-order valence-corrected chi connectivity index (χ2v) is 6.90. The van der Waals surface area contributed by atoms with Crippen LogP contribution >= 0.6 is 0 Å². The number of nitrogens with zero attached hydrogens (tertiary/aromatic N) is 3. The lowest BCUT2D eigenvalue weighted by molar-refractivity contribution is -0.131. The summed E-state index contributed by atoms with van der Waals surface area (Å²) in [6, 6.07) is 3.49. The lowest BCUT2D eigenvalue weighted by atomic mass is 9.79. The summed E-state index contributed by atoms with van der Waals surface area (Å²) in [5, 5.41) is 14.2. The van der Waals surface area contributed by atoms with Crippen LogP contribution in [0.2, 0.25) is 0 Å². The summed E-state index contributed by atoms with van der Waals surface area (Å²) in [6.07, 6.45) is 2.17. The van der Waals surface area contributed by atoms with Gasteiger partial charge in [0.1, 0.15) is 0 Å². The molecule has 1 atom stereocenters. The molecule has 0 spiro atoms. The van der Waals surface area contributed by atoms with E-state index in [4.69, 9.17) is 8.94 Å². The molecule has 7 nitrogen and oxygen atoms in total. The fourth-order valence-electron chi connectivity index (χ4n) is 2.70. The Balaban J connectivity index is 1.58. The number of rotatable bonds is 4. The van der Waals surface area contributed by atoms with E-state index < -0.39 is 5.60 Å². The summed E-state index contributed by atoms with van der Waals surface area (Å²) in [6.45, 7) is 6.59. The van der Waals surface area contributed by atoms with Gasteiger partial charge in [0.15, 0.2) is 5.76 Å². The van der Waals surface area contributed by atoms with E-state index in [2.05, 4.69) is 10.1 Å². The van der Waals surface area contributed by atoms with Crippen LogP contribution in [0.15, 0.2) is 27.3 Å². The Morgan fingerprint density at radius 2 is 2.17 bits per heavy atom. The molecule has 0 aliphatic carbocycles. The summed E-state index contributed by atoms with van der Waals surface area (Å²) in [5.41, 5.74) is -1.20. The third-order valence-corrected chi connectivity index (χ3v) is 4.66. The second-order valence-electron chi connectivity index (χ2n) is 6.90. The number of furan rings is 1. The topological polar surface area (TPSA) is 92.6 Å². The number of carbonyl (C=O) groups excluding carboxylic acids is 1. The zero-order chi connectivity index (χ0) is 16.7. The van der Waals surface area contributed by atoms with Gasteiger partial charge in [0.2, 0.25) is 17.6 Å². The van der Waals surface area contributed by atoms with Crippen LogP contribution in [-0.2, 0) is 11.2 Å². The molecule has 23 heavy (non-hydrogen) atoms. The Morgan fingerprint density at radius 3 is 2.78 bits per heavy atom. The molecule has 3 rings (SSSR count). The van der Waals surface area contributed by atoms with Crippen molar-refractivity contribution >= 4 is 5.91 Å². The van der Waals surface area contributed by atoms with E-state index in [0.717, 1.165) is 0 Å². The van der Waals surface area contributed by atoms with Crippen molar-refractivity contribution in [1.82, 2.24) is 15.0 Å². The number of aliphatic hydroxyl groups is 1. The van der Waals surface area contributed by atoms with Crippen molar-refractivity contribution in [3.8, 4) is 11.6 Å². The highest BCUT2D eigenvalue weighted by Gasteiger charge is 2.48. The van der Waals surface area contributed by atoms with Crippen molar-refractivity contribution in [2.45, 2.75) is 39.2 Å². The van der Waals surface area contributed by atoms with Crippen molar-refractivity contribution < 1.29 is 18.8 Å². The van der Waals surface area contributed by atoms with Crippen LogP contribution < -0.4 is 0 Å². The van der Waals surface area contributed by atoms with Crippen LogP contribution in [0.5, 0.6) is 0 Å². The van der Waals surface area contributed by atoms with Crippen molar-refractivity contribution in [2.24, 2.45) is 5.41 Å². The molecular formula is C16H21N3O4. The first-order valence-corrected chi connectivity index (χ1v) is 7.65. The largest absolute Gasteiger partial charge is 0.461 e. The molecule has 0 unspecified atom stereocenters. The number of β-amino-alcohol motifs (C(OH)–C–C–N with tert-alkyl or cyclic N) is 1. The maximum atomic E-state index is 12.3. The van der Waals surface area contributed by atoms with Gasteiger partial charge in [-0.3, -0.25) is 4.79 Å². The van der Waals surface area contributed by atoms with Gasteiger partial charge in [0.25, 0.3) is 0 Å². The Hall–Kier alpha value is -2.15. The van der Waals surface area contributed by atoms with Crippen LogP contribution in [-0.4, -0.2) is 44.7 Å². The van der Waals surface area contributed by atoms with Gasteiger partial charge in [-0.25, -0.2) is 0 Å². The maximum Gasteiger partial charge on any atom is 0.238 e. The Morgan fingerprint density at radius 1 is 1.39 bits per heavy atom. The number of hydrogen-bond donors (Lipinski definition) is 1. The lowest BCUT2D eigenvalue weighted by Crippen LogP contribution is -2.40. The maximum absolute atomic E-state index is 12.3. The first-order valence-electron chi connectivity index (χ1n) is 7.65. The number of carbonyl (C=O) groups is 1. The third kappa shape index (κ3) is 3.01. The Labute approximate surface area is 134 Å². The van der Waals surface area contributed by atoms with Gasteiger partial charge < -0.3 is 18.9 Å². The van der Waals surface area contributed by atoms with E-state index in [1.54, 1.807) is 24.0 Å². The Kier molecular flexibility index (Phi) is 3.75. The first-order chi connectivity index (χ1) is 10.8. The predicted molar refractivity (Wildman–Crippen MR) is 81.3 cm³/mol. The van der Waals surface area contributed by atoms with E-state index in [1.807, 2.05) is 13.8 Å². The van der Waals surface area contributed by atoms with Crippen LogP contribution in [0.3, 0.4) is 0 Å². The van der Waals surface area contributed by atoms with Gasteiger partial charge in [-0.1, -0.05) is 19.0 Å². The molecule has 2 aromatic rings. The molecule has 1 N–H and O–H groups in total. The zero-order valence-electron chi connectivity index (χ0n) is 13.6. The molecule has 1 aliphatic heterocycles. The zero-order valence-corrected chi connectivity index (χ0v) is 13.6. The average Bonchev–Trinajstić information content (AvgIpc) is 3.16. The fraction of sp³-hybridized carbons (Fsp3) is 0.562. The van der Waals surface area contributed by atoms with Crippen molar-refractivity contribution in [3.63, 3.8) is 0 Å². The van der Waals surface area contributed by atoms with Gasteiger partial charge in [-0.2, -0.15) is 4.98 Å². The SMILES string of the molecule is CC1(C)CN(C(=O)CCc2nc(-c3ccco3)no2)C[C@@]1(C)O. The molecule has 3 heterocycles. The fourth-order valence-corrected chi connectivity index (χ4v) is 2.70. The molecule has 1 amide bonds. The quantitative estimate of drug-likeness (QED) is 0.925. The number of aryl methyl sites for hydroxylation is 1. The van der Waals surface area contributed by atoms with Crippen molar-refractivity contribution in [1.29, 1.82) is 0 Å². The number of amides is 1. The van der Waals surface area contributed by atoms with Gasteiger partial charge in [0.05, 0.1) is 11.9 Å². The molecule has 2 aromatic heterocycles. The van der Waals surface area contributed by atoms with Gasteiger partial charge in [-0.15, -0.1) is 0 Å². The van der Waals surface area contributed by atoms with E-state index in [0.29, 0.717) is 37.0 Å². The monoisotopic (exact) mass is 319 g/mol. The lowest BCUT2D eigenvalue weighted by Gasteiger charge is -2.30. The molecule has 0 bridgehead atoms. The third-order valence-electron chi connectivity index (χ3n) is 4.66. The van der Waals surface area contributed by atoms with Gasteiger partial charge in [-0.05, 0) is 19.1 Å². The minimum absolute atomic E-state index is 0.0198. The molecule has 1 aliphatic rings. The summed E-state index contributed by atoms with van der Waals surface area (Å²) >= 11 is 0. The molecule has 0 radical (unpaired) electrons. The smallest absolute Gasteiger partial charge is 0.238 e. The highest BCUT2D eigenvalue weighted by Crippen LogP contribution is 2.38. The van der Waals surface area contributed by atoms with E-state index in [-0.39, 0.29) is 17.7 Å². The van der Waals surface area contributed by atoms with E-state index in [9.17, 15) is 9.90 Å². The molecule has 1 fully saturated rings. The standard InChI is InChI=1S/C16H21N3O4/c1-15(2)9-19(10-16(15,3)21)13(20)7-6-12-17-14(18-23-12)11-5-4-8-22-11/h4-5,8,21H,6-7,9-10H2,1-3H3/t16-/m1/s1. The molecule has 7 heteroatoms. The van der Waals surface area contributed by atoms with Crippen molar-refractivity contribution in [3.05, 3.63) is 24.3 Å². The van der Waals surface area contributed by atoms with Gasteiger partial charge in [0, 0.05) is 31.3 Å². The average molecular weight is 319 g/mol. The second kappa shape index (κ2) is 5.49. The number of likely N-dealkylation sites (tertiary alicyclic amines) is 1. The molecular weight excluding hydrogens is 298 g/mol. The minimum atomic E-state index is -0.875. The predicted octanol–water partition coefficient (Wildman–Crippen LogP) is 1.88. The molecule has 0 saturated carbocycles. The van der Waals surface area contributed by atoms with Crippen LogP contribution in [0.1, 0.15) is 33.1 Å². The van der Waals surface area contributed by atoms with Crippen LogP contribution in [0.4, 0.5) is 0 Å². The minimum Gasteiger partial charge on any atom is -0.461 e.